The van der Waals surface area contributed by atoms with Crippen LogP contribution in [0, 0.1) is 0 Å². The summed E-state index contributed by atoms with van der Waals surface area (Å²) in [6.45, 7) is 3.92. The van der Waals surface area contributed by atoms with Crippen LogP contribution in [0.3, 0.4) is 0 Å². The highest BCUT2D eigenvalue weighted by Gasteiger charge is 2.12. The van der Waals surface area contributed by atoms with Gasteiger partial charge in [0.2, 0.25) is 0 Å². The third-order valence-electron chi connectivity index (χ3n) is 2.77. The molecule has 2 aromatic rings. The van der Waals surface area contributed by atoms with Gasteiger partial charge in [0.1, 0.15) is 5.75 Å². The first-order chi connectivity index (χ1) is 9.38. The minimum Gasteiger partial charge on any atom is -0.453 e. The number of nitrogen functional groups attached to an aromatic ring is 1. The first-order valence-electron chi connectivity index (χ1n) is 6.03. The predicted molar refractivity (Wildman–Crippen MR) is 87.5 cm³/mol. The highest BCUT2D eigenvalue weighted by atomic mass is 79.9. The lowest BCUT2D eigenvalue weighted by molar-refractivity contribution is 0.472. The van der Waals surface area contributed by atoms with Crippen molar-refractivity contribution in [3.05, 3.63) is 49.3 Å². The van der Waals surface area contributed by atoms with Gasteiger partial charge in [-0.1, -0.05) is 13.8 Å². The van der Waals surface area contributed by atoms with E-state index in [2.05, 4.69) is 36.8 Å². The molecule has 0 aliphatic rings. The Bertz CT molecular complexity index is 673. The lowest BCUT2D eigenvalue weighted by Gasteiger charge is -2.12. The molecule has 1 aromatic carbocycles. The highest BCUT2D eigenvalue weighted by Crippen LogP contribution is 2.38. The number of ether oxygens (including phenoxy) is 1. The summed E-state index contributed by atoms with van der Waals surface area (Å²) in [5.74, 6) is 1.31. The third-order valence-corrected chi connectivity index (χ3v) is 3.95. The number of hydrogen-bond donors (Lipinski definition) is 2. The average Bonchev–Trinajstić information content (AvgIpc) is 2.35. The molecule has 0 atom stereocenters. The van der Waals surface area contributed by atoms with Gasteiger partial charge in [0, 0.05) is 17.4 Å². The molecule has 0 radical (unpaired) electrons. The van der Waals surface area contributed by atoms with Gasteiger partial charge in [-0.2, -0.15) is 0 Å². The Morgan fingerprint density at radius 2 is 1.80 bits per heavy atom. The number of rotatable bonds is 3. The van der Waals surface area contributed by atoms with E-state index >= 15 is 0 Å². The number of nitrogens with two attached hydrogens (primary N) is 1. The Kier molecular flexibility index (Phi) is 4.55. The molecule has 106 valence electrons. The van der Waals surface area contributed by atoms with Crippen LogP contribution in [0.25, 0.3) is 0 Å². The van der Waals surface area contributed by atoms with E-state index in [1.54, 1.807) is 24.4 Å². The lowest BCUT2D eigenvalue weighted by Crippen LogP contribution is -2.13. The van der Waals surface area contributed by atoms with Crippen LogP contribution in [0.15, 0.2) is 38.1 Å². The van der Waals surface area contributed by atoms with Crippen LogP contribution >= 0.6 is 31.9 Å². The molecule has 0 fully saturated rings. The number of pyridine rings is 1. The van der Waals surface area contributed by atoms with Crippen molar-refractivity contribution in [1.29, 1.82) is 0 Å². The standard InChI is InChI=1S/C14H14Br2N2O2/c1-7(2)10-5-9(6-18-14(10)19)20-13-11(15)3-8(17)4-12(13)16/h3-7H,17H2,1-2H3,(H,18,19). The quantitative estimate of drug-likeness (QED) is 0.749. The molecule has 20 heavy (non-hydrogen) atoms. The Balaban J connectivity index is 2.41. The molecule has 0 amide bonds. The molecule has 0 spiro atoms. The van der Waals surface area contributed by atoms with Crippen molar-refractivity contribution in [2.45, 2.75) is 19.8 Å². The fraction of sp³-hybridized carbons (Fsp3) is 0.214. The van der Waals surface area contributed by atoms with Crippen LogP contribution in [0.1, 0.15) is 25.3 Å². The van der Waals surface area contributed by atoms with Crippen LogP contribution in [0.2, 0.25) is 0 Å². The van der Waals surface area contributed by atoms with Crippen LogP contribution in [-0.2, 0) is 0 Å². The normalized spacial score (nSPS) is 10.8. The SMILES string of the molecule is CC(C)c1cc(Oc2c(Br)cc(N)cc2Br)c[nH]c1=O. The second-order valence-electron chi connectivity index (χ2n) is 4.69. The van der Waals surface area contributed by atoms with Gasteiger partial charge in [-0.05, 0) is 56.0 Å². The number of benzene rings is 1. The van der Waals surface area contributed by atoms with Gasteiger partial charge < -0.3 is 15.5 Å². The van der Waals surface area contributed by atoms with Crippen LogP contribution < -0.4 is 16.0 Å². The molecule has 0 aliphatic heterocycles. The van der Waals surface area contributed by atoms with Gasteiger partial charge in [-0.25, -0.2) is 0 Å². The molecule has 0 unspecified atom stereocenters. The molecular weight excluding hydrogens is 388 g/mol. The monoisotopic (exact) mass is 400 g/mol. The molecular formula is C14H14Br2N2O2. The molecule has 2 rings (SSSR count). The van der Waals surface area contributed by atoms with Crippen molar-refractivity contribution in [2.24, 2.45) is 0 Å². The summed E-state index contributed by atoms with van der Waals surface area (Å²) < 4.78 is 7.30. The van der Waals surface area contributed by atoms with E-state index in [-0.39, 0.29) is 11.5 Å². The van der Waals surface area contributed by atoms with E-state index < -0.39 is 0 Å². The number of aromatic nitrogens is 1. The number of hydrogen-bond acceptors (Lipinski definition) is 3. The molecule has 4 nitrogen and oxygen atoms in total. The average molecular weight is 402 g/mol. The Labute approximate surface area is 133 Å². The maximum Gasteiger partial charge on any atom is 0.251 e. The van der Waals surface area contributed by atoms with E-state index in [1.165, 1.54) is 0 Å². The fourth-order valence-corrected chi connectivity index (χ4v) is 3.15. The number of anilines is 1. The molecule has 1 aromatic heterocycles. The van der Waals surface area contributed by atoms with Gasteiger partial charge in [-0.15, -0.1) is 0 Å². The van der Waals surface area contributed by atoms with Crippen molar-refractivity contribution >= 4 is 37.5 Å². The summed E-state index contributed by atoms with van der Waals surface area (Å²) in [6.07, 6.45) is 1.55. The van der Waals surface area contributed by atoms with E-state index in [9.17, 15) is 4.79 Å². The summed E-state index contributed by atoms with van der Waals surface area (Å²) in [6, 6.07) is 5.27. The summed E-state index contributed by atoms with van der Waals surface area (Å²) in [5.41, 5.74) is 6.96. The van der Waals surface area contributed by atoms with Gasteiger partial charge in [0.25, 0.3) is 5.56 Å². The van der Waals surface area contributed by atoms with E-state index in [4.69, 9.17) is 10.5 Å². The smallest absolute Gasteiger partial charge is 0.251 e. The maximum absolute atomic E-state index is 11.7. The van der Waals surface area contributed by atoms with E-state index in [0.717, 1.165) is 8.95 Å². The van der Waals surface area contributed by atoms with Gasteiger partial charge in [-0.3, -0.25) is 4.79 Å². The summed E-state index contributed by atoms with van der Waals surface area (Å²) in [4.78, 5) is 14.4. The summed E-state index contributed by atoms with van der Waals surface area (Å²) in [5, 5.41) is 0. The van der Waals surface area contributed by atoms with Gasteiger partial charge >= 0.3 is 0 Å². The molecule has 1 heterocycles. The molecule has 3 N–H and O–H groups in total. The van der Waals surface area contributed by atoms with Crippen LogP contribution in [0.4, 0.5) is 5.69 Å². The molecule has 0 saturated heterocycles. The lowest BCUT2D eigenvalue weighted by atomic mass is 10.1. The second kappa shape index (κ2) is 6.01. The summed E-state index contributed by atoms with van der Waals surface area (Å²) in [7, 11) is 0. The molecule has 0 saturated carbocycles. The number of halogens is 2. The Morgan fingerprint density at radius 3 is 2.35 bits per heavy atom. The second-order valence-corrected chi connectivity index (χ2v) is 6.40. The Hall–Kier alpha value is -1.27. The maximum atomic E-state index is 11.7. The van der Waals surface area contributed by atoms with E-state index in [0.29, 0.717) is 22.7 Å². The molecule has 6 heteroatoms. The van der Waals surface area contributed by atoms with Crippen molar-refractivity contribution < 1.29 is 4.74 Å². The minimum atomic E-state index is -0.0946. The zero-order valence-electron chi connectivity index (χ0n) is 11.0. The fourth-order valence-electron chi connectivity index (χ4n) is 1.76. The number of nitrogens with one attached hydrogen (secondary N) is 1. The Morgan fingerprint density at radius 1 is 1.20 bits per heavy atom. The first-order valence-corrected chi connectivity index (χ1v) is 7.62. The van der Waals surface area contributed by atoms with Crippen molar-refractivity contribution in [3.8, 4) is 11.5 Å². The largest absolute Gasteiger partial charge is 0.453 e. The summed E-state index contributed by atoms with van der Waals surface area (Å²) >= 11 is 6.82. The van der Waals surface area contributed by atoms with Gasteiger partial charge in [0.15, 0.2) is 5.75 Å². The zero-order valence-corrected chi connectivity index (χ0v) is 14.2. The van der Waals surface area contributed by atoms with Crippen molar-refractivity contribution in [2.75, 3.05) is 5.73 Å². The van der Waals surface area contributed by atoms with Crippen molar-refractivity contribution in [1.82, 2.24) is 4.98 Å². The van der Waals surface area contributed by atoms with Gasteiger partial charge in [0.05, 0.1) is 8.95 Å². The number of aromatic amines is 1. The predicted octanol–water partition coefficient (Wildman–Crippen LogP) is 4.40. The molecule has 0 bridgehead atoms. The highest BCUT2D eigenvalue weighted by molar-refractivity contribution is 9.11. The minimum absolute atomic E-state index is 0.0946. The topological polar surface area (TPSA) is 68.1 Å². The van der Waals surface area contributed by atoms with Crippen molar-refractivity contribution in [3.63, 3.8) is 0 Å². The third kappa shape index (κ3) is 3.24. The van der Waals surface area contributed by atoms with Crippen LogP contribution in [0.5, 0.6) is 11.5 Å². The first kappa shape index (κ1) is 15.1. The zero-order chi connectivity index (χ0) is 14.9. The molecule has 0 aliphatic carbocycles. The number of H-pyrrole nitrogens is 1. The van der Waals surface area contributed by atoms with E-state index in [1.807, 2.05) is 13.8 Å². The van der Waals surface area contributed by atoms with Crippen LogP contribution in [-0.4, -0.2) is 4.98 Å².